The van der Waals surface area contributed by atoms with Crippen molar-refractivity contribution in [1.82, 2.24) is 4.34 Å². The molecule has 0 saturated carbocycles. The maximum atomic E-state index is 11.1. The second-order valence-corrected chi connectivity index (χ2v) is 2.64. The SMILES string of the molecule is Cc1ccccc1C(=O)NBr. The van der Waals surface area contributed by atoms with E-state index in [1.807, 2.05) is 25.1 Å². The van der Waals surface area contributed by atoms with Gasteiger partial charge in [0.1, 0.15) is 0 Å². The summed E-state index contributed by atoms with van der Waals surface area (Å²) < 4.78 is 2.40. The van der Waals surface area contributed by atoms with Crippen LogP contribution in [0.25, 0.3) is 0 Å². The van der Waals surface area contributed by atoms with E-state index >= 15 is 0 Å². The summed E-state index contributed by atoms with van der Waals surface area (Å²) in [5.74, 6) is -0.108. The predicted molar refractivity (Wildman–Crippen MR) is 47.6 cm³/mol. The number of aryl methyl sites for hydroxylation is 1. The van der Waals surface area contributed by atoms with Crippen molar-refractivity contribution in [3.8, 4) is 0 Å². The van der Waals surface area contributed by atoms with Crippen LogP contribution >= 0.6 is 16.1 Å². The number of carbonyl (C=O) groups excluding carboxylic acids is 1. The minimum absolute atomic E-state index is 0.108. The third-order valence-electron chi connectivity index (χ3n) is 1.48. The van der Waals surface area contributed by atoms with E-state index in [0.717, 1.165) is 5.56 Å². The predicted octanol–water partition coefficient (Wildman–Crippen LogP) is 2.03. The molecule has 0 aliphatic carbocycles. The first-order chi connectivity index (χ1) is 5.25. The summed E-state index contributed by atoms with van der Waals surface area (Å²) in [5.41, 5.74) is 1.67. The van der Waals surface area contributed by atoms with Crippen molar-refractivity contribution in [2.75, 3.05) is 0 Å². The lowest BCUT2D eigenvalue weighted by atomic mass is 10.1. The van der Waals surface area contributed by atoms with Crippen LogP contribution in [0.4, 0.5) is 0 Å². The van der Waals surface area contributed by atoms with E-state index in [1.54, 1.807) is 6.07 Å². The maximum absolute atomic E-state index is 11.1. The zero-order valence-electron chi connectivity index (χ0n) is 6.10. The summed E-state index contributed by atoms with van der Waals surface area (Å²) in [6, 6.07) is 7.43. The molecule has 0 fully saturated rings. The molecule has 58 valence electrons. The van der Waals surface area contributed by atoms with Crippen molar-refractivity contribution in [1.29, 1.82) is 0 Å². The zero-order valence-corrected chi connectivity index (χ0v) is 7.68. The fraction of sp³-hybridized carbons (Fsp3) is 0.125. The van der Waals surface area contributed by atoms with Crippen molar-refractivity contribution < 1.29 is 4.79 Å². The topological polar surface area (TPSA) is 29.1 Å². The summed E-state index contributed by atoms with van der Waals surface area (Å²) in [7, 11) is 0. The van der Waals surface area contributed by atoms with E-state index in [4.69, 9.17) is 0 Å². The van der Waals surface area contributed by atoms with Crippen molar-refractivity contribution in [3.05, 3.63) is 35.4 Å². The molecule has 0 saturated heterocycles. The molecule has 1 aromatic carbocycles. The fourth-order valence-electron chi connectivity index (χ4n) is 0.879. The Morgan fingerprint density at radius 2 is 2.09 bits per heavy atom. The number of hydrogen-bond donors (Lipinski definition) is 1. The van der Waals surface area contributed by atoms with E-state index in [2.05, 4.69) is 20.5 Å². The van der Waals surface area contributed by atoms with E-state index in [1.165, 1.54) is 0 Å². The Labute approximate surface area is 74.0 Å². The van der Waals surface area contributed by atoms with Crippen LogP contribution < -0.4 is 4.34 Å². The van der Waals surface area contributed by atoms with Crippen molar-refractivity contribution >= 4 is 22.1 Å². The van der Waals surface area contributed by atoms with Gasteiger partial charge in [0.25, 0.3) is 5.91 Å². The van der Waals surface area contributed by atoms with Gasteiger partial charge in [-0.15, -0.1) is 0 Å². The van der Waals surface area contributed by atoms with E-state index < -0.39 is 0 Å². The third-order valence-corrected chi connectivity index (χ3v) is 1.84. The Morgan fingerprint density at radius 3 is 2.64 bits per heavy atom. The van der Waals surface area contributed by atoms with Gasteiger partial charge in [0.2, 0.25) is 0 Å². The second kappa shape index (κ2) is 3.53. The van der Waals surface area contributed by atoms with Crippen LogP contribution in [0.3, 0.4) is 0 Å². The van der Waals surface area contributed by atoms with E-state index in [0.29, 0.717) is 5.56 Å². The van der Waals surface area contributed by atoms with Crippen LogP contribution in [-0.2, 0) is 0 Å². The van der Waals surface area contributed by atoms with Gasteiger partial charge in [0, 0.05) is 21.7 Å². The molecule has 2 nitrogen and oxygen atoms in total. The summed E-state index contributed by atoms with van der Waals surface area (Å²) in [4.78, 5) is 11.1. The molecule has 1 rings (SSSR count). The van der Waals surface area contributed by atoms with E-state index in [9.17, 15) is 4.79 Å². The normalized spacial score (nSPS) is 9.27. The Hall–Kier alpha value is -0.830. The standard InChI is InChI=1S/C8H8BrNO/c1-6-4-2-3-5-7(6)8(11)10-9/h2-5H,1H3,(H,10,11). The molecule has 0 aliphatic heterocycles. The quantitative estimate of drug-likeness (QED) is 0.712. The fourth-order valence-corrected chi connectivity index (χ4v) is 1.09. The van der Waals surface area contributed by atoms with Crippen LogP contribution in [0.15, 0.2) is 24.3 Å². The van der Waals surface area contributed by atoms with Crippen LogP contribution in [-0.4, -0.2) is 5.91 Å². The van der Waals surface area contributed by atoms with Crippen LogP contribution in [0.1, 0.15) is 15.9 Å². The van der Waals surface area contributed by atoms with Crippen molar-refractivity contribution in [2.45, 2.75) is 6.92 Å². The highest BCUT2D eigenvalue weighted by Gasteiger charge is 2.04. The molecule has 3 heteroatoms. The first kappa shape index (κ1) is 8.27. The van der Waals surface area contributed by atoms with E-state index in [-0.39, 0.29) is 5.91 Å². The largest absolute Gasteiger partial charge is 0.289 e. The second-order valence-electron chi connectivity index (χ2n) is 2.24. The van der Waals surface area contributed by atoms with Gasteiger partial charge in [-0.25, -0.2) is 0 Å². The molecule has 0 aliphatic rings. The number of halogens is 1. The number of rotatable bonds is 1. The summed E-state index contributed by atoms with van der Waals surface area (Å²) in [5, 5.41) is 0. The van der Waals surface area contributed by atoms with Crippen LogP contribution in [0, 0.1) is 6.92 Å². The number of amides is 1. The van der Waals surface area contributed by atoms with Gasteiger partial charge in [-0.05, 0) is 18.6 Å². The minimum Gasteiger partial charge on any atom is -0.289 e. The number of hydrogen-bond acceptors (Lipinski definition) is 1. The molecule has 0 bridgehead atoms. The Balaban J connectivity index is 3.03. The lowest BCUT2D eigenvalue weighted by Gasteiger charge is -2.00. The van der Waals surface area contributed by atoms with Gasteiger partial charge in [-0.1, -0.05) is 18.2 Å². The average molecular weight is 214 g/mol. The number of benzene rings is 1. The van der Waals surface area contributed by atoms with Gasteiger partial charge in [0.15, 0.2) is 0 Å². The Bertz CT molecular complexity index is 273. The third kappa shape index (κ3) is 1.80. The lowest BCUT2D eigenvalue weighted by molar-refractivity contribution is 0.0986. The molecular weight excluding hydrogens is 206 g/mol. The molecule has 1 N–H and O–H groups in total. The van der Waals surface area contributed by atoms with Gasteiger partial charge in [-0.3, -0.25) is 9.14 Å². The molecular formula is C8H8BrNO. The van der Waals surface area contributed by atoms with Crippen molar-refractivity contribution in [3.63, 3.8) is 0 Å². The Kier molecular flexibility index (Phi) is 2.65. The number of nitrogens with one attached hydrogen (secondary N) is 1. The van der Waals surface area contributed by atoms with Gasteiger partial charge in [-0.2, -0.15) is 0 Å². The summed E-state index contributed by atoms with van der Waals surface area (Å²) in [6.07, 6.45) is 0. The van der Waals surface area contributed by atoms with Crippen LogP contribution in [0.5, 0.6) is 0 Å². The van der Waals surface area contributed by atoms with Gasteiger partial charge in [0.05, 0.1) is 0 Å². The van der Waals surface area contributed by atoms with Crippen LogP contribution in [0.2, 0.25) is 0 Å². The number of carbonyl (C=O) groups is 1. The zero-order chi connectivity index (χ0) is 8.27. The Morgan fingerprint density at radius 1 is 1.45 bits per heavy atom. The first-order valence-corrected chi connectivity index (χ1v) is 4.01. The highest BCUT2D eigenvalue weighted by molar-refractivity contribution is 9.08. The molecule has 1 amide bonds. The highest BCUT2D eigenvalue weighted by atomic mass is 79.9. The first-order valence-electron chi connectivity index (χ1n) is 3.22. The minimum atomic E-state index is -0.108. The maximum Gasteiger partial charge on any atom is 0.261 e. The smallest absolute Gasteiger partial charge is 0.261 e. The average Bonchev–Trinajstić information content (AvgIpc) is 2.04. The molecule has 0 atom stereocenters. The molecule has 0 spiro atoms. The monoisotopic (exact) mass is 213 g/mol. The summed E-state index contributed by atoms with van der Waals surface area (Å²) in [6.45, 7) is 1.90. The van der Waals surface area contributed by atoms with Gasteiger partial charge < -0.3 is 0 Å². The molecule has 11 heavy (non-hydrogen) atoms. The van der Waals surface area contributed by atoms with Crippen molar-refractivity contribution in [2.24, 2.45) is 0 Å². The summed E-state index contributed by atoms with van der Waals surface area (Å²) >= 11 is 2.89. The molecule has 1 aromatic rings. The molecule has 0 aromatic heterocycles. The molecule has 0 radical (unpaired) electrons. The molecule has 0 unspecified atom stereocenters. The highest BCUT2D eigenvalue weighted by Crippen LogP contribution is 2.06. The van der Waals surface area contributed by atoms with Gasteiger partial charge >= 0.3 is 0 Å². The molecule has 0 heterocycles. The lowest BCUT2D eigenvalue weighted by Crippen LogP contribution is -2.12.